The van der Waals surface area contributed by atoms with E-state index < -0.39 is 0 Å². The summed E-state index contributed by atoms with van der Waals surface area (Å²) in [6.45, 7) is 2.99. The molecule has 5 heteroatoms. The van der Waals surface area contributed by atoms with Crippen molar-refractivity contribution in [2.24, 2.45) is 0 Å². The molecule has 0 aliphatic rings. The van der Waals surface area contributed by atoms with E-state index in [9.17, 15) is 4.79 Å². The number of carbonyl (C=O) groups excluding carboxylic acids is 1. The van der Waals surface area contributed by atoms with Gasteiger partial charge in [0.1, 0.15) is 11.5 Å². The standard InChI is InChI=1S/C20H22ClNO3/c1-4-22(14-16-7-5-6-8-18(16)21)20(23)12-9-15-13-17(24-2)10-11-19(15)25-3/h5-13H,4,14H2,1-3H3/b12-9+. The maximum atomic E-state index is 12.5. The molecule has 0 fully saturated rings. The van der Waals surface area contributed by atoms with Crippen molar-refractivity contribution in [2.45, 2.75) is 13.5 Å². The quantitative estimate of drug-likeness (QED) is 0.687. The largest absolute Gasteiger partial charge is 0.497 e. The number of methoxy groups -OCH3 is 2. The van der Waals surface area contributed by atoms with Gasteiger partial charge in [-0.05, 0) is 42.8 Å². The van der Waals surface area contributed by atoms with E-state index in [1.54, 1.807) is 25.2 Å². The van der Waals surface area contributed by atoms with Crippen molar-refractivity contribution in [2.75, 3.05) is 20.8 Å². The van der Waals surface area contributed by atoms with Gasteiger partial charge in [0.15, 0.2) is 0 Å². The third-order valence-corrected chi connectivity index (χ3v) is 4.22. The van der Waals surface area contributed by atoms with Crippen LogP contribution in [0.5, 0.6) is 11.5 Å². The van der Waals surface area contributed by atoms with Gasteiger partial charge in [0, 0.05) is 29.8 Å². The van der Waals surface area contributed by atoms with E-state index in [0.29, 0.717) is 29.6 Å². The predicted molar refractivity (Wildman–Crippen MR) is 101 cm³/mol. The number of amides is 1. The van der Waals surface area contributed by atoms with Crippen LogP contribution in [0.15, 0.2) is 48.5 Å². The van der Waals surface area contributed by atoms with E-state index in [4.69, 9.17) is 21.1 Å². The molecule has 0 heterocycles. The first kappa shape index (κ1) is 18.9. The van der Waals surface area contributed by atoms with E-state index in [2.05, 4.69) is 0 Å². The number of halogens is 1. The third kappa shape index (κ3) is 5.00. The topological polar surface area (TPSA) is 38.8 Å². The zero-order chi connectivity index (χ0) is 18.2. The molecule has 132 valence electrons. The molecule has 25 heavy (non-hydrogen) atoms. The Morgan fingerprint density at radius 2 is 1.92 bits per heavy atom. The van der Waals surface area contributed by atoms with E-state index in [1.165, 1.54) is 6.08 Å². The predicted octanol–water partition coefficient (Wildman–Crippen LogP) is 4.42. The third-order valence-electron chi connectivity index (χ3n) is 3.85. The summed E-state index contributed by atoms with van der Waals surface area (Å²) in [6.07, 6.45) is 3.27. The maximum Gasteiger partial charge on any atom is 0.246 e. The zero-order valence-electron chi connectivity index (χ0n) is 14.7. The van der Waals surface area contributed by atoms with Crippen LogP contribution in [0.25, 0.3) is 6.08 Å². The van der Waals surface area contributed by atoms with Gasteiger partial charge in [-0.2, -0.15) is 0 Å². The number of benzene rings is 2. The van der Waals surface area contributed by atoms with E-state index >= 15 is 0 Å². The summed E-state index contributed by atoms with van der Waals surface area (Å²) in [4.78, 5) is 14.3. The Morgan fingerprint density at radius 3 is 2.56 bits per heavy atom. The summed E-state index contributed by atoms with van der Waals surface area (Å²) in [5.74, 6) is 1.29. The van der Waals surface area contributed by atoms with Crippen molar-refractivity contribution in [1.82, 2.24) is 4.90 Å². The first-order chi connectivity index (χ1) is 12.1. The van der Waals surface area contributed by atoms with Crippen LogP contribution in [0.4, 0.5) is 0 Å². The average molecular weight is 360 g/mol. The van der Waals surface area contributed by atoms with Crippen molar-refractivity contribution in [3.63, 3.8) is 0 Å². The van der Waals surface area contributed by atoms with Crippen molar-refractivity contribution in [1.29, 1.82) is 0 Å². The van der Waals surface area contributed by atoms with Gasteiger partial charge in [0.25, 0.3) is 0 Å². The number of carbonyl (C=O) groups is 1. The molecule has 0 saturated heterocycles. The van der Waals surface area contributed by atoms with Gasteiger partial charge in [-0.3, -0.25) is 4.79 Å². The number of hydrogen-bond donors (Lipinski definition) is 0. The molecule has 0 atom stereocenters. The average Bonchev–Trinajstić information content (AvgIpc) is 2.65. The summed E-state index contributed by atoms with van der Waals surface area (Å²) in [5.41, 5.74) is 1.70. The Morgan fingerprint density at radius 1 is 1.16 bits per heavy atom. The Labute approximate surface area is 153 Å². The Kier molecular flexibility index (Phi) is 6.90. The molecule has 4 nitrogen and oxygen atoms in total. The van der Waals surface area contributed by atoms with Crippen molar-refractivity contribution in [3.8, 4) is 11.5 Å². The highest BCUT2D eigenvalue weighted by molar-refractivity contribution is 6.31. The van der Waals surface area contributed by atoms with Crippen LogP contribution in [-0.4, -0.2) is 31.6 Å². The second-order valence-corrected chi connectivity index (χ2v) is 5.79. The molecule has 0 radical (unpaired) electrons. The van der Waals surface area contributed by atoms with Gasteiger partial charge in [-0.15, -0.1) is 0 Å². The first-order valence-corrected chi connectivity index (χ1v) is 8.39. The minimum absolute atomic E-state index is 0.0905. The molecule has 0 aromatic heterocycles. The van der Waals surface area contributed by atoms with E-state index in [-0.39, 0.29) is 5.91 Å². The van der Waals surface area contributed by atoms with Crippen molar-refractivity contribution < 1.29 is 14.3 Å². The molecule has 2 aromatic rings. The lowest BCUT2D eigenvalue weighted by atomic mass is 10.1. The molecule has 0 N–H and O–H groups in total. The lowest BCUT2D eigenvalue weighted by molar-refractivity contribution is -0.126. The monoisotopic (exact) mass is 359 g/mol. The summed E-state index contributed by atoms with van der Waals surface area (Å²) in [7, 11) is 3.19. The number of likely N-dealkylation sites (N-methyl/N-ethyl adjacent to an activating group) is 1. The first-order valence-electron chi connectivity index (χ1n) is 8.01. The molecule has 0 unspecified atom stereocenters. The molecule has 0 bridgehead atoms. The molecule has 1 amide bonds. The summed E-state index contributed by atoms with van der Waals surface area (Å²) >= 11 is 6.19. The molecule has 0 aliphatic heterocycles. The molecule has 2 rings (SSSR count). The minimum Gasteiger partial charge on any atom is -0.497 e. The lowest BCUT2D eigenvalue weighted by Gasteiger charge is -2.20. The molecule has 0 aliphatic carbocycles. The fourth-order valence-electron chi connectivity index (χ4n) is 2.41. The molecule has 0 spiro atoms. The number of hydrogen-bond acceptors (Lipinski definition) is 3. The van der Waals surface area contributed by atoms with E-state index in [1.807, 2.05) is 49.4 Å². The van der Waals surface area contributed by atoms with Gasteiger partial charge >= 0.3 is 0 Å². The Bertz CT molecular complexity index is 758. The summed E-state index contributed by atoms with van der Waals surface area (Å²) < 4.78 is 10.5. The number of rotatable bonds is 7. The van der Waals surface area contributed by atoms with E-state index in [0.717, 1.165) is 11.1 Å². The van der Waals surface area contributed by atoms with Crippen LogP contribution in [0.3, 0.4) is 0 Å². The smallest absolute Gasteiger partial charge is 0.246 e. The molecule has 2 aromatic carbocycles. The molecule has 0 saturated carbocycles. The van der Waals surface area contributed by atoms with Crippen molar-refractivity contribution in [3.05, 3.63) is 64.7 Å². The molecular formula is C20H22ClNO3. The van der Waals surface area contributed by atoms with Crippen LogP contribution in [0.1, 0.15) is 18.1 Å². The Hall–Kier alpha value is -2.46. The van der Waals surface area contributed by atoms with Crippen LogP contribution in [-0.2, 0) is 11.3 Å². The molecular weight excluding hydrogens is 338 g/mol. The zero-order valence-corrected chi connectivity index (χ0v) is 15.4. The summed E-state index contributed by atoms with van der Waals surface area (Å²) in [5, 5.41) is 0.659. The maximum absolute atomic E-state index is 12.5. The van der Waals surface area contributed by atoms with Crippen LogP contribution < -0.4 is 9.47 Å². The van der Waals surface area contributed by atoms with Gasteiger partial charge in [0.05, 0.1) is 14.2 Å². The number of ether oxygens (including phenoxy) is 2. The highest BCUT2D eigenvalue weighted by Gasteiger charge is 2.11. The number of nitrogens with zero attached hydrogens (tertiary/aromatic N) is 1. The van der Waals surface area contributed by atoms with Crippen LogP contribution in [0, 0.1) is 0 Å². The SMILES string of the molecule is CCN(Cc1ccccc1Cl)C(=O)/C=C/c1cc(OC)ccc1OC. The minimum atomic E-state index is -0.0905. The van der Waals surface area contributed by atoms with Crippen LogP contribution >= 0.6 is 11.6 Å². The highest BCUT2D eigenvalue weighted by atomic mass is 35.5. The fraction of sp³-hybridized carbons (Fsp3) is 0.250. The fourth-order valence-corrected chi connectivity index (χ4v) is 2.61. The lowest BCUT2D eigenvalue weighted by Crippen LogP contribution is -2.28. The van der Waals surface area contributed by atoms with Crippen LogP contribution in [0.2, 0.25) is 5.02 Å². The van der Waals surface area contributed by atoms with Gasteiger partial charge in [-0.25, -0.2) is 0 Å². The van der Waals surface area contributed by atoms with Gasteiger partial charge < -0.3 is 14.4 Å². The second-order valence-electron chi connectivity index (χ2n) is 5.39. The highest BCUT2D eigenvalue weighted by Crippen LogP contribution is 2.25. The van der Waals surface area contributed by atoms with Gasteiger partial charge in [-0.1, -0.05) is 29.8 Å². The Balaban J connectivity index is 2.16. The second kappa shape index (κ2) is 9.14. The van der Waals surface area contributed by atoms with Gasteiger partial charge in [0.2, 0.25) is 5.91 Å². The normalized spacial score (nSPS) is 10.7. The van der Waals surface area contributed by atoms with Crippen molar-refractivity contribution >= 4 is 23.6 Å². The summed E-state index contributed by atoms with van der Waals surface area (Å²) in [6, 6.07) is 13.0.